The van der Waals surface area contributed by atoms with Crippen LogP contribution in [0.2, 0.25) is 5.02 Å². The van der Waals surface area contributed by atoms with Crippen LogP contribution in [0.1, 0.15) is 38.2 Å². The molecule has 0 aromatic heterocycles. The van der Waals surface area contributed by atoms with Crippen molar-refractivity contribution in [2.24, 2.45) is 0 Å². The SMILES string of the molecule is CC1CC(NC(=O)C(C)c2cccc(Cl)c2)CCN1. The van der Waals surface area contributed by atoms with Gasteiger partial charge in [0, 0.05) is 17.1 Å². The highest BCUT2D eigenvalue weighted by Gasteiger charge is 2.23. The van der Waals surface area contributed by atoms with E-state index in [0.29, 0.717) is 11.1 Å². The maximum Gasteiger partial charge on any atom is 0.227 e. The molecule has 3 atom stereocenters. The predicted molar refractivity (Wildman–Crippen MR) is 78.5 cm³/mol. The minimum Gasteiger partial charge on any atom is -0.353 e. The van der Waals surface area contributed by atoms with Crippen LogP contribution in [0.3, 0.4) is 0 Å². The van der Waals surface area contributed by atoms with Gasteiger partial charge >= 0.3 is 0 Å². The number of hydrogen-bond donors (Lipinski definition) is 2. The van der Waals surface area contributed by atoms with Gasteiger partial charge < -0.3 is 10.6 Å². The standard InChI is InChI=1S/C15H21ClN2O/c1-10-8-14(6-7-17-10)18-15(19)11(2)12-4-3-5-13(16)9-12/h3-5,9-11,14,17H,6-8H2,1-2H3,(H,18,19). The first kappa shape index (κ1) is 14.4. The van der Waals surface area contributed by atoms with Gasteiger partial charge in [0.1, 0.15) is 0 Å². The summed E-state index contributed by atoms with van der Waals surface area (Å²) < 4.78 is 0. The van der Waals surface area contributed by atoms with E-state index in [1.807, 2.05) is 31.2 Å². The molecule has 0 bridgehead atoms. The number of benzene rings is 1. The summed E-state index contributed by atoms with van der Waals surface area (Å²) in [6, 6.07) is 8.27. The van der Waals surface area contributed by atoms with Crippen molar-refractivity contribution < 1.29 is 4.79 Å². The first-order valence-electron chi connectivity index (χ1n) is 6.85. The number of amides is 1. The molecule has 0 spiro atoms. The third-order valence-corrected chi connectivity index (χ3v) is 3.95. The van der Waals surface area contributed by atoms with Gasteiger partial charge in [-0.3, -0.25) is 4.79 Å². The van der Waals surface area contributed by atoms with E-state index in [1.165, 1.54) is 0 Å². The van der Waals surface area contributed by atoms with Crippen molar-refractivity contribution in [3.63, 3.8) is 0 Å². The van der Waals surface area contributed by atoms with Crippen LogP contribution in [0.4, 0.5) is 0 Å². The van der Waals surface area contributed by atoms with E-state index >= 15 is 0 Å². The fourth-order valence-electron chi connectivity index (χ4n) is 2.52. The molecule has 3 nitrogen and oxygen atoms in total. The third kappa shape index (κ3) is 3.95. The van der Waals surface area contributed by atoms with Crippen LogP contribution in [0.15, 0.2) is 24.3 Å². The van der Waals surface area contributed by atoms with Crippen molar-refractivity contribution in [2.75, 3.05) is 6.54 Å². The zero-order valence-electron chi connectivity index (χ0n) is 11.4. The number of halogens is 1. The van der Waals surface area contributed by atoms with E-state index in [2.05, 4.69) is 17.6 Å². The Kier molecular flexibility index (Phi) is 4.83. The van der Waals surface area contributed by atoms with Gasteiger partial charge in [-0.15, -0.1) is 0 Å². The molecule has 1 saturated heterocycles. The second-order valence-corrected chi connectivity index (χ2v) is 5.80. The number of rotatable bonds is 3. The Morgan fingerprint density at radius 2 is 2.32 bits per heavy atom. The highest BCUT2D eigenvalue weighted by Crippen LogP contribution is 2.20. The van der Waals surface area contributed by atoms with Gasteiger partial charge in [-0.25, -0.2) is 0 Å². The summed E-state index contributed by atoms with van der Waals surface area (Å²) in [7, 11) is 0. The highest BCUT2D eigenvalue weighted by molar-refractivity contribution is 6.30. The topological polar surface area (TPSA) is 41.1 Å². The summed E-state index contributed by atoms with van der Waals surface area (Å²) in [6.07, 6.45) is 1.99. The molecule has 104 valence electrons. The summed E-state index contributed by atoms with van der Waals surface area (Å²) >= 11 is 5.96. The summed E-state index contributed by atoms with van der Waals surface area (Å²) in [5.74, 6) is -0.0785. The molecular formula is C15H21ClN2O. The minimum absolute atomic E-state index is 0.0846. The van der Waals surface area contributed by atoms with E-state index < -0.39 is 0 Å². The Morgan fingerprint density at radius 3 is 3.00 bits per heavy atom. The van der Waals surface area contributed by atoms with Crippen LogP contribution >= 0.6 is 11.6 Å². The van der Waals surface area contributed by atoms with Crippen LogP contribution in [0, 0.1) is 0 Å². The quantitative estimate of drug-likeness (QED) is 0.894. The number of nitrogens with one attached hydrogen (secondary N) is 2. The number of piperidine rings is 1. The van der Waals surface area contributed by atoms with Gasteiger partial charge in [0.15, 0.2) is 0 Å². The van der Waals surface area contributed by atoms with Crippen LogP contribution in [-0.2, 0) is 4.79 Å². The van der Waals surface area contributed by atoms with E-state index in [-0.39, 0.29) is 17.9 Å². The van der Waals surface area contributed by atoms with Gasteiger partial charge in [-0.1, -0.05) is 23.7 Å². The van der Waals surface area contributed by atoms with Crippen molar-refractivity contribution in [3.05, 3.63) is 34.9 Å². The molecule has 2 rings (SSSR count). The van der Waals surface area contributed by atoms with Crippen molar-refractivity contribution in [3.8, 4) is 0 Å². The fraction of sp³-hybridized carbons (Fsp3) is 0.533. The van der Waals surface area contributed by atoms with Crippen molar-refractivity contribution >= 4 is 17.5 Å². The molecule has 1 fully saturated rings. The van der Waals surface area contributed by atoms with Crippen LogP contribution < -0.4 is 10.6 Å². The largest absolute Gasteiger partial charge is 0.353 e. The lowest BCUT2D eigenvalue weighted by atomic mass is 9.97. The zero-order valence-corrected chi connectivity index (χ0v) is 12.2. The first-order chi connectivity index (χ1) is 9.06. The smallest absolute Gasteiger partial charge is 0.227 e. The Morgan fingerprint density at radius 1 is 1.53 bits per heavy atom. The summed E-state index contributed by atoms with van der Waals surface area (Å²) in [4.78, 5) is 12.3. The molecule has 1 aromatic carbocycles. The average molecular weight is 281 g/mol. The van der Waals surface area contributed by atoms with E-state index in [1.54, 1.807) is 0 Å². The maximum absolute atomic E-state index is 12.3. The lowest BCUT2D eigenvalue weighted by Crippen LogP contribution is -2.47. The molecule has 4 heteroatoms. The second-order valence-electron chi connectivity index (χ2n) is 5.36. The van der Waals surface area contributed by atoms with Gasteiger partial charge in [0.2, 0.25) is 5.91 Å². The monoisotopic (exact) mass is 280 g/mol. The van der Waals surface area contributed by atoms with Gasteiger partial charge in [0.05, 0.1) is 5.92 Å². The molecule has 1 aliphatic rings. The van der Waals surface area contributed by atoms with Crippen LogP contribution in [0.25, 0.3) is 0 Å². The van der Waals surface area contributed by atoms with Crippen molar-refractivity contribution in [1.29, 1.82) is 0 Å². The number of carbonyl (C=O) groups is 1. The molecule has 2 N–H and O–H groups in total. The average Bonchev–Trinajstić information content (AvgIpc) is 2.38. The molecule has 3 unspecified atom stereocenters. The van der Waals surface area contributed by atoms with E-state index in [0.717, 1.165) is 24.9 Å². The van der Waals surface area contributed by atoms with E-state index in [4.69, 9.17) is 11.6 Å². The van der Waals surface area contributed by atoms with Gasteiger partial charge in [-0.2, -0.15) is 0 Å². The molecule has 1 aliphatic heterocycles. The predicted octanol–water partition coefficient (Wildman–Crippen LogP) is 2.70. The Balaban J connectivity index is 1.95. The second kappa shape index (κ2) is 6.40. The molecular weight excluding hydrogens is 260 g/mol. The Labute approximate surface area is 119 Å². The number of carbonyl (C=O) groups excluding carboxylic acids is 1. The van der Waals surface area contributed by atoms with Gasteiger partial charge in [-0.05, 0) is 50.9 Å². The molecule has 0 radical (unpaired) electrons. The third-order valence-electron chi connectivity index (χ3n) is 3.71. The highest BCUT2D eigenvalue weighted by atomic mass is 35.5. The van der Waals surface area contributed by atoms with Crippen LogP contribution in [-0.4, -0.2) is 24.5 Å². The molecule has 1 amide bonds. The van der Waals surface area contributed by atoms with Gasteiger partial charge in [0.25, 0.3) is 0 Å². The molecule has 0 saturated carbocycles. The Hall–Kier alpha value is -1.06. The van der Waals surface area contributed by atoms with E-state index in [9.17, 15) is 4.79 Å². The number of hydrogen-bond acceptors (Lipinski definition) is 2. The summed E-state index contributed by atoms with van der Waals surface area (Å²) in [5.41, 5.74) is 0.965. The maximum atomic E-state index is 12.3. The molecule has 1 heterocycles. The molecule has 0 aliphatic carbocycles. The lowest BCUT2D eigenvalue weighted by Gasteiger charge is -2.29. The normalized spacial score (nSPS) is 24.8. The first-order valence-corrected chi connectivity index (χ1v) is 7.23. The van der Waals surface area contributed by atoms with Crippen molar-refractivity contribution in [1.82, 2.24) is 10.6 Å². The summed E-state index contributed by atoms with van der Waals surface area (Å²) in [5, 5.41) is 7.20. The van der Waals surface area contributed by atoms with Crippen LogP contribution in [0.5, 0.6) is 0 Å². The molecule has 1 aromatic rings. The fourth-order valence-corrected chi connectivity index (χ4v) is 2.72. The van der Waals surface area contributed by atoms with Crippen molar-refractivity contribution in [2.45, 2.75) is 44.7 Å². The zero-order chi connectivity index (χ0) is 13.8. The minimum atomic E-state index is -0.163. The molecule has 19 heavy (non-hydrogen) atoms. The summed E-state index contributed by atoms with van der Waals surface area (Å²) in [6.45, 7) is 5.04. The lowest BCUT2D eigenvalue weighted by molar-refractivity contribution is -0.123. The Bertz CT molecular complexity index is 450.